The molecule has 0 spiro atoms. The molecule has 0 amide bonds. The lowest BCUT2D eigenvalue weighted by atomic mass is 9.79. The maximum atomic E-state index is 10.6. The highest BCUT2D eigenvalue weighted by molar-refractivity contribution is 5.54. The molecule has 2 aromatic rings. The number of phenolic OH excluding ortho intramolecular Hbond substituents is 1. The summed E-state index contributed by atoms with van der Waals surface area (Å²) in [6, 6.07) is 3.97. The molecule has 0 saturated carbocycles. The fraction of sp³-hybridized carbons (Fsp3) is 0.500. The first-order chi connectivity index (χ1) is 9.10. The van der Waals surface area contributed by atoms with E-state index in [2.05, 4.69) is 51.6 Å². The number of hydrogen-bond acceptors (Lipinski definition) is 3. The lowest BCUT2D eigenvalue weighted by Crippen LogP contribution is -2.18. The molecule has 0 aliphatic heterocycles. The summed E-state index contributed by atoms with van der Waals surface area (Å²) in [6.45, 7) is 12.6. The average molecular weight is 273 g/mol. The summed E-state index contributed by atoms with van der Waals surface area (Å²) in [6.07, 6.45) is 3.19. The lowest BCUT2D eigenvalue weighted by Gasteiger charge is -2.28. The van der Waals surface area contributed by atoms with E-state index in [1.165, 1.54) is 6.33 Å². The van der Waals surface area contributed by atoms with Gasteiger partial charge >= 0.3 is 0 Å². The van der Waals surface area contributed by atoms with E-state index >= 15 is 0 Å². The third-order valence-electron chi connectivity index (χ3n) is 3.39. The molecular formula is C16H23N3O. The summed E-state index contributed by atoms with van der Waals surface area (Å²) < 4.78 is 1.73. The number of phenols is 1. The van der Waals surface area contributed by atoms with Gasteiger partial charge in [-0.1, -0.05) is 41.5 Å². The van der Waals surface area contributed by atoms with Crippen molar-refractivity contribution in [3.63, 3.8) is 0 Å². The van der Waals surface area contributed by atoms with Crippen LogP contribution in [-0.2, 0) is 10.8 Å². The maximum Gasteiger partial charge on any atom is 0.138 e. The van der Waals surface area contributed by atoms with Crippen molar-refractivity contribution >= 4 is 0 Å². The van der Waals surface area contributed by atoms with Crippen LogP contribution in [0.4, 0.5) is 0 Å². The second-order valence-corrected chi connectivity index (χ2v) is 7.23. The third kappa shape index (κ3) is 2.69. The molecule has 0 unspecified atom stereocenters. The molecule has 0 fully saturated rings. The van der Waals surface area contributed by atoms with Crippen LogP contribution in [-0.4, -0.2) is 19.9 Å². The standard InChI is InChI=1S/C16H23N3O/c1-15(2,3)12-7-11(19-10-17-9-18-19)8-13(14(12)20)16(4,5)6/h7-10,20H,1-6H3. The van der Waals surface area contributed by atoms with E-state index in [1.54, 1.807) is 11.0 Å². The van der Waals surface area contributed by atoms with Crippen molar-refractivity contribution in [2.24, 2.45) is 0 Å². The minimum absolute atomic E-state index is 0.138. The first kappa shape index (κ1) is 14.6. The van der Waals surface area contributed by atoms with E-state index in [9.17, 15) is 5.11 Å². The van der Waals surface area contributed by atoms with Crippen molar-refractivity contribution in [2.45, 2.75) is 52.4 Å². The summed E-state index contributed by atoms with van der Waals surface area (Å²) in [5.74, 6) is 0.383. The van der Waals surface area contributed by atoms with Crippen LogP contribution in [0.25, 0.3) is 5.69 Å². The topological polar surface area (TPSA) is 50.9 Å². The fourth-order valence-corrected chi connectivity index (χ4v) is 2.24. The van der Waals surface area contributed by atoms with Crippen molar-refractivity contribution in [3.05, 3.63) is 35.9 Å². The van der Waals surface area contributed by atoms with Crippen LogP contribution < -0.4 is 0 Å². The Morgan fingerprint density at radius 3 is 1.80 bits per heavy atom. The Morgan fingerprint density at radius 1 is 0.950 bits per heavy atom. The maximum absolute atomic E-state index is 10.6. The molecule has 0 atom stereocenters. The van der Waals surface area contributed by atoms with Crippen molar-refractivity contribution in [1.82, 2.24) is 14.8 Å². The Morgan fingerprint density at radius 2 is 1.45 bits per heavy atom. The first-order valence-electron chi connectivity index (χ1n) is 6.83. The average Bonchev–Trinajstić information content (AvgIpc) is 2.79. The minimum Gasteiger partial charge on any atom is -0.507 e. The van der Waals surface area contributed by atoms with Gasteiger partial charge in [-0.15, -0.1) is 0 Å². The van der Waals surface area contributed by atoms with Gasteiger partial charge in [0.15, 0.2) is 0 Å². The van der Waals surface area contributed by atoms with E-state index in [-0.39, 0.29) is 10.8 Å². The number of aromatic hydroxyl groups is 1. The van der Waals surface area contributed by atoms with Gasteiger partial charge in [-0.25, -0.2) is 9.67 Å². The van der Waals surface area contributed by atoms with Gasteiger partial charge in [0.25, 0.3) is 0 Å². The normalized spacial score (nSPS) is 12.7. The molecule has 20 heavy (non-hydrogen) atoms. The molecule has 0 radical (unpaired) electrons. The van der Waals surface area contributed by atoms with Crippen LogP contribution >= 0.6 is 0 Å². The van der Waals surface area contributed by atoms with Crippen molar-refractivity contribution in [3.8, 4) is 11.4 Å². The van der Waals surface area contributed by atoms with Gasteiger partial charge in [-0.05, 0) is 23.0 Å². The van der Waals surface area contributed by atoms with Crippen LogP contribution in [0.3, 0.4) is 0 Å². The van der Waals surface area contributed by atoms with Gasteiger partial charge in [0.05, 0.1) is 5.69 Å². The Hall–Kier alpha value is -1.84. The fourth-order valence-electron chi connectivity index (χ4n) is 2.24. The molecule has 4 heteroatoms. The summed E-state index contributed by atoms with van der Waals surface area (Å²) >= 11 is 0. The van der Waals surface area contributed by atoms with Gasteiger partial charge in [0.2, 0.25) is 0 Å². The van der Waals surface area contributed by atoms with Crippen LogP contribution in [0.1, 0.15) is 52.7 Å². The molecule has 0 bridgehead atoms. The Balaban J connectivity index is 2.74. The number of nitrogens with zero attached hydrogens (tertiary/aromatic N) is 3. The Labute approximate surface area is 120 Å². The zero-order valence-corrected chi connectivity index (χ0v) is 13.1. The van der Waals surface area contributed by atoms with Gasteiger partial charge in [-0.2, -0.15) is 5.10 Å². The lowest BCUT2D eigenvalue weighted by molar-refractivity contribution is 0.423. The quantitative estimate of drug-likeness (QED) is 0.864. The molecule has 1 aromatic carbocycles. The summed E-state index contributed by atoms with van der Waals surface area (Å²) in [4.78, 5) is 3.99. The number of hydrogen-bond donors (Lipinski definition) is 1. The first-order valence-corrected chi connectivity index (χ1v) is 6.83. The molecule has 108 valence electrons. The predicted octanol–water partition coefficient (Wildman–Crippen LogP) is 3.57. The van der Waals surface area contributed by atoms with E-state index in [4.69, 9.17) is 0 Å². The largest absolute Gasteiger partial charge is 0.507 e. The zero-order valence-electron chi connectivity index (χ0n) is 13.1. The molecule has 1 aromatic heterocycles. The van der Waals surface area contributed by atoms with Crippen LogP contribution in [0.2, 0.25) is 0 Å². The van der Waals surface area contributed by atoms with E-state index in [0.717, 1.165) is 16.8 Å². The van der Waals surface area contributed by atoms with Crippen LogP contribution in [0.5, 0.6) is 5.75 Å². The molecule has 1 N–H and O–H groups in total. The van der Waals surface area contributed by atoms with E-state index < -0.39 is 0 Å². The predicted molar refractivity (Wildman–Crippen MR) is 80.4 cm³/mol. The van der Waals surface area contributed by atoms with Gasteiger partial charge < -0.3 is 5.11 Å². The van der Waals surface area contributed by atoms with Gasteiger partial charge in [-0.3, -0.25) is 0 Å². The molecule has 0 saturated heterocycles. The second-order valence-electron chi connectivity index (χ2n) is 7.23. The Bertz CT molecular complexity index is 567. The molecule has 0 aliphatic rings. The third-order valence-corrected chi connectivity index (χ3v) is 3.39. The van der Waals surface area contributed by atoms with Crippen LogP contribution in [0, 0.1) is 0 Å². The molecule has 1 heterocycles. The summed E-state index contributed by atoms with van der Waals surface area (Å²) in [5.41, 5.74) is 2.50. The van der Waals surface area contributed by atoms with Crippen molar-refractivity contribution in [2.75, 3.05) is 0 Å². The van der Waals surface area contributed by atoms with Crippen LogP contribution in [0.15, 0.2) is 24.8 Å². The number of rotatable bonds is 1. The molecule has 0 aliphatic carbocycles. The smallest absolute Gasteiger partial charge is 0.138 e. The van der Waals surface area contributed by atoms with E-state index in [0.29, 0.717) is 5.75 Å². The molecular weight excluding hydrogens is 250 g/mol. The van der Waals surface area contributed by atoms with Crippen molar-refractivity contribution in [1.29, 1.82) is 0 Å². The second kappa shape index (κ2) is 4.62. The highest BCUT2D eigenvalue weighted by Crippen LogP contribution is 2.40. The monoisotopic (exact) mass is 273 g/mol. The number of benzene rings is 1. The molecule has 2 rings (SSSR count). The SMILES string of the molecule is CC(C)(C)c1cc(-n2cncn2)cc(C(C)(C)C)c1O. The molecule has 4 nitrogen and oxygen atoms in total. The Kier molecular flexibility index (Phi) is 3.36. The summed E-state index contributed by atoms with van der Waals surface area (Å²) in [7, 11) is 0. The van der Waals surface area contributed by atoms with Crippen molar-refractivity contribution < 1.29 is 5.11 Å². The number of aromatic nitrogens is 3. The minimum atomic E-state index is -0.138. The van der Waals surface area contributed by atoms with Gasteiger partial charge in [0, 0.05) is 11.1 Å². The zero-order chi connectivity index (χ0) is 15.1. The van der Waals surface area contributed by atoms with Gasteiger partial charge in [0.1, 0.15) is 18.4 Å². The summed E-state index contributed by atoms with van der Waals surface area (Å²) in [5, 5.41) is 14.8. The van der Waals surface area contributed by atoms with E-state index in [1.807, 2.05) is 12.1 Å². The highest BCUT2D eigenvalue weighted by atomic mass is 16.3. The highest BCUT2D eigenvalue weighted by Gasteiger charge is 2.26.